The van der Waals surface area contributed by atoms with Crippen molar-refractivity contribution in [2.45, 2.75) is 45.4 Å². The lowest BCUT2D eigenvalue weighted by molar-refractivity contribution is -0.120. The average molecular weight is 325 g/mol. The van der Waals surface area contributed by atoms with Crippen molar-refractivity contribution in [3.63, 3.8) is 0 Å². The summed E-state index contributed by atoms with van der Waals surface area (Å²) >= 11 is 0. The minimum absolute atomic E-state index is 0. The van der Waals surface area contributed by atoms with Crippen molar-refractivity contribution in [2.75, 3.05) is 19.6 Å². The molecule has 124 valence electrons. The van der Waals surface area contributed by atoms with Gasteiger partial charge in [-0.25, -0.2) is 0 Å². The second kappa shape index (κ2) is 8.54. The third-order valence-electron chi connectivity index (χ3n) is 3.97. The van der Waals surface area contributed by atoms with Gasteiger partial charge in [0.25, 0.3) is 0 Å². The predicted octanol–water partition coefficient (Wildman–Crippen LogP) is 3.06. The highest BCUT2D eigenvalue weighted by Crippen LogP contribution is 2.27. The zero-order chi connectivity index (χ0) is 15.3. The maximum absolute atomic E-state index is 11.6. The highest BCUT2D eigenvalue weighted by Gasteiger charge is 2.20. The zero-order valence-electron chi connectivity index (χ0n) is 13.9. The van der Waals surface area contributed by atoms with Crippen LogP contribution in [0.4, 0.5) is 0 Å². The van der Waals surface area contributed by atoms with Gasteiger partial charge in [-0.3, -0.25) is 4.79 Å². The molecular formula is C18H29ClN2O. The molecule has 1 saturated carbocycles. The Morgan fingerprint density at radius 2 is 1.82 bits per heavy atom. The quantitative estimate of drug-likeness (QED) is 0.809. The molecule has 0 spiro atoms. The maximum atomic E-state index is 11.6. The van der Waals surface area contributed by atoms with E-state index in [1.165, 1.54) is 24.0 Å². The summed E-state index contributed by atoms with van der Waals surface area (Å²) in [6.07, 6.45) is 3.52. The lowest BCUT2D eigenvalue weighted by Crippen LogP contribution is -2.35. The minimum atomic E-state index is 0. The van der Waals surface area contributed by atoms with Crippen molar-refractivity contribution in [1.29, 1.82) is 0 Å². The smallest absolute Gasteiger partial charge is 0.233 e. The van der Waals surface area contributed by atoms with Crippen LogP contribution in [0.2, 0.25) is 0 Å². The van der Waals surface area contributed by atoms with Gasteiger partial charge in [0, 0.05) is 6.54 Å². The number of carbonyl (C=O) groups is 1. The fourth-order valence-corrected chi connectivity index (χ4v) is 2.29. The van der Waals surface area contributed by atoms with Gasteiger partial charge in [-0.2, -0.15) is 0 Å². The van der Waals surface area contributed by atoms with Crippen LogP contribution in [-0.2, 0) is 16.6 Å². The number of benzene rings is 1. The second-order valence-electron chi connectivity index (χ2n) is 7.12. The molecule has 2 rings (SSSR count). The Morgan fingerprint density at radius 3 is 2.36 bits per heavy atom. The molecule has 1 aromatic rings. The molecule has 1 amide bonds. The van der Waals surface area contributed by atoms with Gasteiger partial charge in [-0.15, -0.1) is 12.4 Å². The van der Waals surface area contributed by atoms with Gasteiger partial charge in [-0.05, 0) is 48.3 Å². The number of nitrogens with one attached hydrogen (secondary N) is 2. The molecule has 0 aliphatic heterocycles. The van der Waals surface area contributed by atoms with Crippen molar-refractivity contribution in [2.24, 2.45) is 5.92 Å². The van der Waals surface area contributed by atoms with Gasteiger partial charge in [0.15, 0.2) is 0 Å². The molecule has 1 aliphatic carbocycles. The van der Waals surface area contributed by atoms with Gasteiger partial charge in [0.1, 0.15) is 0 Å². The van der Waals surface area contributed by atoms with Gasteiger partial charge < -0.3 is 10.6 Å². The van der Waals surface area contributed by atoms with Crippen molar-refractivity contribution in [3.05, 3.63) is 35.4 Å². The van der Waals surface area contributed by atoms with E-state index in [2.05, 4.69) is 55.7 Å². The summed E-state index contributed by atoms with van der Waals surface area (Å²) < 4.78 is 0. The van der Waals surface area contributed by atoms with Crippen molar-refractivity contribution in [1.82, 2.24) is 10.6 Å². The van der Waals surface area contributed by atoms with E-state index in [0.717, 1.165) is 18.9 Å². The lowest BCUT2D eigenvalue weighted by atomic mass is 9.86. The van der Waals surface area contributed by atoms with Crippen LogP contribution in [0.15, 0.2) is 24.3 Å². The fraction of sp³-hybridized carbons (Fsp3) is 0.611. The molecule has 0 unspecified atom stereocenters. The summed E-state index contributed by atoms with van der Waals surface area (Å²) in [5, 5.41) is 6.18. The van der Waals surface area contributed by atoms with E-state index in [1.54, 1.807) is 0 Å². The summed E-state index contributed by atoms with van der Waals surface area (Å²) in [5.74, 6) is 0.918. The summed E-state index contributed by atoms with van der Waals surface area (Å²) in [5.41, 5.74) is 2.81. The van der Waals surface area contributed by atoms with Crippen LogP contribution < -0.4 is 10.6 Å². The van der Waals surface area contributed by atoms with E-state index in [0.29, 0.717) is 13.1 Å². The predicted molar refractivity (Wildman–Crippen MR) is 94.7 cm³/mol. The highest BCUT2D eigenvalue weighted by molar-refractivity contribution is 5.85. The standard InChI is InChI=1S/C18H28N2O.ClH/c1-18(2,3)16-8-6-14(7-9-16)10-11-20-17(21)13-19-12-15-4-5-15;/h6-9,15,19H,4-5,10-13H2,1-3H3,(H,20,21);1H. The molecule has 0 heterocycles. The Labute approximate surface area is 140 Å². The van der Waals surface area contributed by atoms with Gasteiger partial charge in [-0.1, -0.05) is 45.0 Å². The molecule has 1 aliphatic rings. The Balaban J connectivity index is 0.00000242. The maximum Gasteiger partial charge on any atom is 0.233 e. The first-order valence-corrected chi connectivity index (χ1v) is 8.02. The summed E-state index contributed by atoms with van der Waals surface area (Å²) in [6.45, 7) is 8.80. The third-order valence-corrected chi connectivity index (χ3v) is 3.97. The number of halogens is 1. The molecular weight excluding hydrogens is 296 g/mol. The van der Waals surface area contributed by atoms with Crippen LogP contribution in [0.5, 0.6) is 0 Å². The van der Waals surface area contributed by atoms with E-state index < -0.39 is 0 Å². The molecule has 0 saturated heterocycles. The van der Waals surface area contributed by atoms with Crippen molar-refractivity contribution in [3.8, 4) is 0 Å². The van der Waals surface area contributed by atoms with Crippen LogP contribution in [0.1, 0.15) is 44.7 Å². The normalized spacial score (nSPS) is 14.3. The van der Waals surface area contributed by atoms with E-state index in [9.17, 15) is 4.79 Å². The van der Waals surface area contributed by atoms with E-state index >= 15 is 0 Å². The van der Waals surface area contributed by atoms with Crippen LogP contribution in [0, 0.1) is 5.92 Å². The molecule has 1 fully saturated rings. The Bertz CT molecular complexity index is 461. The van der Waals surface area contributed by atoms with Crippen LogP contribution in [0.25, 0.3) is 0 Å². The van der Waals surface area contributed by atoms with E-state index in [1.807, 2.05) is 0 Å². The zero-order valence-corrected chi connectivity index (χ0v) is 14.8. The molecule has 0 bridgehead atoms. The van der Waals surface area contributed by atoms with E-state index in [4.69, 9.17) is 0 Å². The first kappa shape index (κ1) is 19.0. The lowest BCUT2D eigenvalue weighted by Gasteiger charge is -2.19. The van der Waals surface area contributed by atoms with Crippen molar-refractivity contribution >= 4 is 18.3 Å². The van der Waals surface area contributed by atoms with Gasteiger partial charge in [0.05, 0.1) is 6.54 Å². The van der Waals surface area contributed by atoms with E-state index in [-0.39, 0.29) is 23.7 Å². The van der Waals surface area contributed by atoms with Gasteiger partial charge in [0.2, 0.25) is 5.91 Å². The largest absolute Gasteiger partial charge is 0.355 e. The second-order valence-corrected chi connectivity index (χ2v) is 7.12. The number of hydrogen-bond acceptors (Lipinski definition) is 2. The van der Waals surface area contributed by atoms with Crippen molar-refractivity contribution < 1.29 is 4.79 Å². The Hall–Kier alpha value is -1.06. The Morgan fingerprint density at radius 1 is 1.18 bits per heavy atom. The minimum Gasteiger partial charge on any atom is -0.355 e. The monoisotopic (exact) mass is 324 g/mol. The van der Waals surface area contributed by atoms with Crippen LogP contribution >= 0.6 is 12.4 Å². The topological polar surface area (TPSA) is 41.1 Å². The average Bonchev–Trinajstić information content (AvgIpc) is 3.22. The summed E-state index contributed by atoms with van der Waals surface area (Å²) in [4.78, 5) is 11.6. The fourth-order valence-electron chi connectivity index (χ4n) is 2.29. The first-order chi connectivity index (χ1) is 9.95. The molecule has 0 atom stereocenters. The van der Waals surface area contributed by atoms with Crippen LogP contribution in [-0.4, -0.2) is 25.5 Å². The first-order valence-electron chi connectivity index (χ1n) is 8.02. The number of rotatable bonds is 7. The molecule has 0 aromatic heterocycles. The number of carbonyl (C=O) groups excluding carboxylic acids is 1. The number of hydrogen-bond donors (Lipinski definition) is 2. The SMILES string of the molecule is CC(C)(C)c1ccc(CCNC(=O)CNCC2CC2)cc1.Cl. The highest BCUT2D eigenvalue weighted by atomic mass is 35.5. The van der Waals surface area contributed by atoms with Gasteiger partial charge >= 0.3 is 0 Å². The third kappa shape index (κ3) is 6.80. The summed E-state index contributed by atoms with van der Waals surface area (Å²) in [7, 11) is 0. The van der Waals surface area contributed by atoms with Crippen LogP contribution in [0.3, 0.4) is 0 Å². The molecule has 0 radical (unpaired) electrons. The molecule has 2 N–H and O–H groups in total. The Kier molecular flexibility index (Phi) is 7.37. The molecule has 3 nitrogen and oxygen atoms in total. The summed E-state index contributed by atoms with van der Waals surface area (Å²) in [6, 6.07) is 8.71. The molecule has 22 heavy (non-hydrogen) atoms. The number of amides is 1. The molecule has 4 heteroatoms. The molecule has 1 aromatic carbocycles.